The molecule has 0 atom stereocenters. The smallest absolute Gasteiger partial charge is 0.119 e. The van der Waals surface area contributed by atoms with Gasteiger partial charge in [0.05, 0.1) is 6.07 Å². The van der Waals surface area contributed by atoms with Crippen LogP contribution < -0.4 is 0 Å². The summed E-state index contributed by atoms with van der Waals surface area (Å²) in [7, 11) is 0. The van der Waals surface area contributed by atoms with E-state index in [1.807, 2.05) is 13.8 Å². The van der Waals surface area contributed by atoms with Crippen LogP contribution in [0.25, 0.3) is 0 Å². The van der Waals surface area contributed by atoms with Gasteiger partial charge in [-0.2, -0.15) is 5.26 Å². The van der Waals surface area contributed by atoms with Gasteiger partial charge in [-0.25, -0.2) is 0 Å². The maximum Gasteiger partial charge on any atom is 0.119 e. The van der Waals surface area contributed by atoms with E-state index in [1.165, 1.54) is 0 Å². The molecular formula is C11H12BrNO. The Hall–Kier alpha value is -1.01. The zero-order valence-corrected chi connectivity index (χ0v) is 9.85. The minimum Gasteiger partial charge on any atom is -0.508 e. The number of nitrogens with zero attached hydrogens (tertiary/aromatic N) is 1. The van der Waals surface area contributed by atoms with Crippen molar-refractivity contribution < 1.29 is 5.11 Å². The lowest BCUT2D eigenvalue weighted by molar-refractivity contribution is 0.467. The Labute approximate surface area is 92.3 Å². The monoisotopic (exact) mass is 253 g/mol. The van der Waals surface area contributed by atoms with Crippen molar-refractivity contribution in [2.45, 2.75) is 26.7 Å². The molecule has 0 spiro atoms. The fourth-order valence-electron chi connectivity index (χ4n) is 1.47. The number of nitriles is 1. The predicted molar refractivity (Wildman–Crippen MR) is 59.2 cm³/mol. The Morgan fingerprint density at radius 1 is 1.50 bits per heavy atom. The molecule has 2 nitrogen and oxygen atoms in total. The summed E-state index contributed by atoms with van der Waals surface area (Å²) in [5.41, 5.74) is 2.91. The molecule has 0 aliphatic rings. The van der Waals surface area contributed by atoms with Crippen molar-refractivity contribution in [2.24, 2.45) is 0 Å². The van der Waals surface area contributed by atoms with Crippen LogP contribution in [0.2, 0.25) is 0 Å². The Morgan fingerprint density at radius 3 is 2.71 bits per heavy atom. The molecule has 0 radical (unpaired) electrons. The molecule has 3 heteroatoms. The van der Waals surface area contributed by atoms with Gasteiger partial charge in [-0.05, 0) is 43.0 Å². The number of rotatable bonds is 2. The van der Waals surface area contributed by atoms with Crippen molar-refractivity contribution in [3.05, 3.63) is 27.2 Å². The molecule has 74 valence electrons. The van der Waals surface area contributed by atoms with E-state index in [9.17, 15) is 5.11 Å². The highest BCUT2D eigenvalue weighted by Crippen LogP contribution is 2.31. The van der Waals surface area contributed by atoms with Gasteiger partial charge in [0, 0.05) is 10.9 Å². The lowest BCUT2D eigenvalue weighted by atomic mass is 10.0. The van der Waals surface area contributed by atoms with Gasteiger partial charge < -0.3 is 5.11 Å². The third-order valence-electron chi connectivity index (χ3n) is 2.28. The Morgan fingerprint density at radius 2 is 2.14 bits per heavy atom. The third kappa shape index (κ3) is 2.08. The topological polar surface area (TPSA) is 44.0 Å². The van der Waals surface area contributed by atoms with E-state index in [0.29, 0.717) is 18.6 Å². The van der Waals surface area contributed by atoms with E-state index < -0.39 is 0 Å². The quantitative estimate of drug-likeness (QED) is 0.880. The fourth-order valence-corrected chi connectivity index (χ4v) is 1.83. The Kier molecular flexibility index (Phi) is 3.54. The molecule has 1 aromatic rings. The van der Waals surface area contributed by atoms with Gasteiger partial charge in [0.2, 0.25) is 0 Å². The standard InChI is InChI=1S/C11H12BrNO/c1-7-6-10(14)9(4-3-5-13)8(2)11(7)12/h6,14H,3-4H2,1-2H3. The Bertz CT molecular complexity index is 393. The zero-order chi connectivity index (χ0) is 10.7. The lowest BCUT2D eigenvalue weighted by Gasteiger charge is -2.11. The van der Waals surface area contributed by atoms with Gasteiger partial charge in [0.15, 0.2) is 0 Å². The number of aromatic hydroxyl groups is 1. The molecule has 0 aliphatic carbocycles. The first kappa shape index (κ1) is 11.1. The van der Waals surface area contributed by atoms with Crippen molar-refractivity contribution >= 4 is 15.9 Å². The van der Waals surface area contributed by atoms with Crippen LogP contribution in [0.4, 0.5) is 0 Å². The molecular weight excluding hydrogens is 242 g/mol. The van der Waals surface area contributed by atoms with Gasteiger partial charge in [-0.3, -0.25) is 0 Å². The maximum atomic E-state index is 9.69. The molecule has 14 heavy (non-hydrogen) atoms. The highest BCUT2D eigenvalue weighted by atomic mass is 79.9. The molecule has 0 saturated heterocycles. The molecule has 0 fully saturated rings. The minimum atomic E-state index is 0.290. The minimum absolute atomic E-state index is 0.290. The van der Waals surface area contributed by atoms with Gasteiger partial charge >= 0.3 is 0 Å². The van der Waals surface area contributed by atoms with Crippen LogP contribution in [0.5, 0.6) is 5.75 Å². The first-order valence-corrected chi connectivity index (χ1v) is 5.21. The summed E-state index contributed by atoms with van der Waals surface area (Å²) in [6.45, 7) is 3.88. The molecule has 0 heterocycles. The van der Waals surface area contributed by atoms with Crippen molar-refractivity contribution in [1.29, 1.82) is 5.26 Å². The van der Waals surface area contributed by atoms with E-state index in [0.717, 1.165) is 21.2 Å². The summed E-state index contributed by atoms with van der Waals surface area (Å²) in [5.74, 6) is 0.290. The maximum absolute atomic E-state index is 9.69. The van der Waals surface area contributed by atoms with Crippen LogP contribution in [-0.2, 0) is 6.42 Å². The van der Waals surface area contributed by atoms with Gasteiger partial charge in [0.25, 0.3) is 0 Å². The highest BCUT2D eigenvalue weighted by molar-refractivity contribution is 9.10. The van der Waals surface area contributed by atoms with Crippen LogP contribution in [0.15, 0.2) is 10.5 Å². The molecule has 0 saturated carbocycles. The molecule has 0 aromatic heterocycles. The van der Waals surface area contributed by atoms with Crippen molar-refractivity contribution in [3.63, 3.8) is 0 Å². The second-order valence-corrected chi connectivity index (χ2v) is 4.08. The number of halogens is 1. The SMILES string of the molecule is Cc1cc(O)c(CCC#N)c(C)c1Br. The van der Waals surface area contributed by atoms with Crippen molar-refractivity contribution in [1.82, 2.24) is 0 Å². The first-order valence-electron chi connectivity index (χ1n) is 4.42. The van der Waals surface area contributed by atoms with Crippen LogP contribution in [0.3, 0.4) is 0 Å². The second-order valence-electron chi connectivity index (χ2n) is 3.29. The average Bonchev–Trinajstić information content (AvgIpc) is 2.14. The number of aryl methyl sites for hydroxylation is 1. The highest BCUT2D eigenvalue weighted by Gasteiger charge is 2.10. The van der Waals surface area contributed by atoms with E-state index in [4.69, 9.17) is 5.26 Å². The number of phenolic OH excluding ortho intramolecular Hbond substituents is 1. The third-order valence-corrected chi connectivity index (χ3v) is 3.50. The molecule has 0 amide bonds. The van der Waals surface area contributed by atoms with Gasteiger partial charge in [-0.15, -0.1) is 0 Å². The van der Waals surface area contributed by atoms with E-state index >= 15 is 0 Å². The molecule has 0 bridgehead atoms. The predicted octanol–water partition coefficient (Wildman–Crippen LogP) is 3.23. The number of hydrogen-bond acceptors (Lipinski definition) is 2. The zero-order valence-electron chi connectivity index (χ0n) is 8.26. The first-order chi connectivity index (χ1) is 6.57. The summed E-state index contributed by atoms with van der Waals surface area (Å²) in [4.78, 5) is 0. The van der Waals surface area contributed by atoms with Crippen molar-refractivity contribution in [2.75, 3.05) is 0 Å². The van der Waals surface area contributed by atoms with Crippen LogP contribution in [0.1, 0.15) is 23.1 Å². The van der Waals surface area contributed by atoms with Crippen LogP contribution >= 0.6 is 15.9 Å². The normalized spacial score (nSPS) is 9.86. The van der Waals surface area contributed by atoms with E-state index in [1.54, 1.807) is 6.07 Å². The van der Waals surface area contributed by atoms with Crippen LogP contribution in [0, 0.1) is 25.2 Å². The van der Waals surface area contributed by atoms with Crippen molar-refractivity contribution in [3.8, 4) is 11.8 Å². The molecule has 1 aromatic carbocycles. The van der Waals surface area contributed by atoms with Crippen LogP contribution in [-0.4, -0.2) is 5.11 Å². The molecule has 1 rings (SSSR count). The summed E-state index contributed by atoms with van der Waals surface area (Å²) >= 11 is 3.46. The van der Waals surface area contributed by atoms with Gasteiger partial charge in [-0.1, -0.05) is 15.9 Å². The molecule has 0 aliphatic heterocycles. The van der Waals surface area contributed by atoms with E-state index in [2.05, 4.69) is 22.0 Å². The molecule has 1 N–H and O–H groups in total. The number of benzene rings is 1. The fraction of sp³-hybridized carbons (Fsp3) is 0.364. The van der Waals surface area contributed by atoms with E-state index in [-0.39, 0.29) is 0 Å². The van der Waals surface area contributed by atoms with Gasteiger partial charge in [0.1, 0.15) is 5.75 Å². The molecule has 0 unspecified atom stereocenters. The average molecular weight is 254 g/mol. The number of hydrogen-bond donors (Lipinski definition) is 1. The summed E-state index contributed by atoms with van der Waals surface area (Å²) in [6, 6.07) is 3.80. The summed E-state index contributed by atoms with van der Waals surface area (Å²) in [5, 5.41) is 18.2. The Balaban J connectivity index is 3.17. The summed E-state index contributed by atoms with van der Waals surface area (Å²) in [6.07, 6.45) is 1.04. The summed E-state index contributed by atoms with van der Waals surface area (Å²) < 4.78 is 1.02. The largest absolute Gasteiger partial charge is 0.508 e. The number of phenols is 1. The lowest BCUT2D eigenvalue weighted by Crippen LogP contribution is -1.93. The second kappa shape index (κ2) is 4.47.